The number of nitrogens with one attached hydrogen (secondary N) is 1. The molecule has 0 spiro atoms. The van der Waals surface area contributed by atoms with E-state index in [0.29, 0.717) is 12.3 Å². The van der Waals surface area contributed by atoms with E-state index in [1.54, 1.807) is 0 Å². The highest BCUT2D eigenvalue weighted by atomic mass is 16.5. The van der Waals surface area contributed by atoms with Gasteiger partial charge in [0.1, 0.15) is 5.75 Å². The van der Waals surface area contributed by atoms with E-state index in [9.17, 15) is 4.79 Å². The summed E-state index contributed by atoms with van der Waals surface area (Å²) in [7, 11) is 0. The Labute approximate surface area is 94.8 Å². The Bertz CT molecular complexity index is 424. The van der Waals surface area contributed by atoms with E-state index in [0.717, 1.165) is 37.4 Å². The number of Topliss-reactive ketones (excluding diaryl/α,β-unsaturated/α-hetero) is 1. The van der Waals surface area contributed by atoms with Crippen molar-refractivity contribution >= 4 is 5.78 Å². The molecule has 0 aromatic heterocycles. The fourth-order valence-electron chi connectivity index (χ4n) is 2.23. The predicted molar refractivity (Wildman–Crippen MR) is 60.9 cm³/mol. The molecule has 0 bridgehead atoms. The van der Waals surface area contributed by atoms with Gasteiger partial charge in [-0.25, -0.2) is 0 Å². The molecule has 1 aromatic rings. The van der Waals surface area contributed by atoms with Crippen molar-refractivity contribution in [3.8, 4) is 5.75 Å². The number of ether oxygens (including phenoxy) is 1. The van der Waals surface area contributed by atoms with Crippen molar-refractivity contribution in [3.05, 3.63) is 29.3 Å². The monoisotopic (exact) mass is 217 g/mol. The number of hydrogen-bond acceptors (Lipinski definition) is 3. The molecule has 2 aliphatic rings. The zero-order valence-electron chi connectivity index (χ0n) is 9.16. The molecule has 1 N–H and O–H groups in total. The topological polar surface area (TPSA) is 38.3 Å². The van der Waals surface area contributed by atoms with E-state index in [1.165, 1.54) is 5.56 Å². The molecule has 3 nitrogen and oxygen atoms in total. The van der Waals surface area contributed by atoms with Crippen LogP contribution in [0.4, 0.5) is 0 Å². The van der Waals surface area contributed by atoms with Gasteiger partial charge in [0.25, 0.3) is 0 Å². The number of ketones is 1. The van der Waals surface area contributed by atoms with Gasteiger partial charge < -0.3 is 10.1 Å². The Hall–Kier alpha value is -1.35. The van der Waals surface area contributed by atoms with E-state index in [-0.39, 0.29) is 5.78 Å². The summed E-state index contributed by atoms with van der Waals surface area (Å²) < 4.78 is 5.43. The van der Waals surface area contributed by atoms with Gasteiger partial charge in [0.05, 0.1) is 6.61 Å². The van der Waals surface area contributed by atoms with Crippen LogP contribution in [0.2, 0.25) is 0 Å². The number of carbonyl (C=O) groups is 1. The minimum atomic E-state index is 0.265. The van der Waals surface area contributed by atoms with Crippen LogP contribution in [0.25, 0.3) is 0 Å². The van der Waals surface area contributed by atoms with Crippen LogP contribution in [-0.2, 0) is 6.42 Å². The van der Waals surface area contributed by atoms with E-state index in [4.69, 9.17) is 4.74 Å². The van der Waals surface area contributed by atoms with Crippen molar-refractivity contribution in [2.75, 3.05) is 19.7 Å². The van der Waals surface area contributed by atoms with Gasteiger partial charge in [0.15, 0.2) is 5.78 Å². The van der Waals surface area contributed by atoms with Crippen molar-refractivity contribution in [3.63, 3.8) is 0 Å². The first kappa shape index (κ1) is 9.85. The molecule has 3 rings (SSSR count). The summed E-state index contributed by atoms with van der Waals surface area (Å²) in [6.07, 6.45) is 1.61. The lowest BCUT2D eigenvalue weighted by Gasteiger charge is -2.26. The van der Waals surface area contributed by atoms with Gasteiger partial charge in [0.2, 0.25) is 0 Å². The Balaban J connectivity index is 1.75. The lowest BCUT2D eigenvalue weighted by atomic mass is 9.93. The molecule has 0 saturated carbocycles. The average Bonchev–Trinajstić information content (AvgIpc) is 2.69. The van der Waals surface area contributed by atoms with Crippen molar-refractivity contribution in [1.29, 1.82) is 0 Å². The van der Waals surface area contributed by atoms with E-state index < -0.39 is 0 Å². The number of benzene rings is 1. The van der Waals surface area contributed by atoms with Crippen LogP contribution in [0.3, 0.4) is 0 Å². The van der Waals surface area contributed by atoms with Crippen LogP contribution < -0.4 is 10.1 Å². The lowest BCUT2D eigenvalue weighted by Crippen LogP contribution is -2.42. The minimum absolute atomic E-state index is 0.265. The lowest BCUT2D eigenvalue weighted by molar-refractivity contribution is 0.0945. The summed E-state index contributed by atoms with van der Waals surface area (Å²) in [5.74, 6) is 1.75. The van der Waals surface area contributed by atoms with Gasteiger partial charge in [-0.3, -0.25) is 4.79 Å². The molecule has 84 valence electrons. The minimum Gasteiger partial charge on any atom is -0.493 e. The van der Waals surface area contributed by atoms with Gasteiger partial charge in [-0.2, -0.15) is 0 Å². The van der Waals surface area contributed by atoms with Gasteiger partial charge in [-0.05, 0) is 42.8 Å². The van der Waals surface area contributed by atoms with Crippen LogP contribution in [-0.4, -0.2) is 25.5 Å². The molecule has 1 aromatic carbocycles. The first-order chi connectivity index (χ1) is 7.83. The van der Waals surface area contributed by atoms with E-state index in [1.807, 2.05) is 18.2 Å². The smallest absolute Gasteiger partial charge is 0.163 e. The summed E-state index contributed by atoms with van der Waals surface area (Å²) in [4.78, 5) is 12.0. The maximum Gasteiger partial charge on any atom is 0.163 e. The number of carbonyl (C=O) groups excluding carboxylic acids is 1. The van der Waals surface area contributed by atoms with Crippen molar-refractivity contribution in [1.82, 2.24) is 5.32 Å². The maximum absolute atomic E-state index is 12.0. The summed E-state index contributed by atoms with van der Waals surface area (Å²) in [6.45, 7) is 2.72. The Morgan fingerprint density at radius 2 is 2.31 bits per heavy atom. The van der Waals surface area contributed by atoms with Gasteiger partial charge in [-0.15, -0.1) is 0 Å². The molecule has 1 saturated heterocycles. The van der Waals surface area contributed by atoms with Gasteiger partial charge >= 0.3 is 0 Å². The zero-order chi connectivity index (χ0) is 11.0. The average molecular weight is 217 g/mol. The molecule has 0 atom stereocenters. The van der Waals surface area contributed by atoms with Crippen molar-refractivity contribution < 1.29 is 9.53 Å². The largest absolute Gasteiger partial charge is 0.493 e. The summed E-state index contributed by atoms with van der Waals surface area (Å²) in [6, 6.07) is 5.81. The SMILES string of the molecule is O=C(CC1CNC1)c1ccc2c(c1)CCO2. The highest BCUT2D eigenvalue weighted by Crippen LogP contribution is 2.26. The third kappa shape index (κ3) is 1.71. The third-order valence-electron chi connectivity index (χ3n) is 3.35. The van der Waals surface area contributed by atoms with Crippen LogP contribution in [0.15, 0.2) is 18.2 Å². The molecule has 0 amide bonds. The number of hydrogen-bond donors (Lipinski definition) is 1. The van der Waals surface area contributed by atoms with Crippen LogP contribution in [0.1, 0.15) is 22.3 Å². The molecular weight excluding hydrogens is 202 g/mol. The number of rotatable bonds is 3. The van der Waals surface area contributed by atoms with Gasteiger partial charge in [0, 0.05) is 18.4 Å². The van der Waals surface area contributed by atoms with Crippen molar-refractivity contribution in [2.45, 2.75) is 12.8 Å². The molecule has 0 unspecified atom stereocenters. The van der Waals surface area contributed by atoms with E-state index >= 15 is 0 Å². The standard InChI is InChI=1S/C13H15NO2/c15-12(5-9-7-14-8-9)10-1-2-13-11(6-10)3-4-16-13/h1-2,6,9,14H,3-5,7-8H2. The van der Waals surface area contributed by atoms with Crippen LogP contribution in [0, 0.1) is 5.92 Å². The molecule has 0 aliphatic carbocycles. The first-order valence-corrected chi connectivity index (χ1v) is 5.82. The summed E-state index contributed by atoms with van der Waals surface area (Å²) in [5.41, 5.74) is 2.02. The van der Waals surface area contributed by atoms with Gasteiger partial charge in [-0.1, -0.05) is 0 Å². The Morgan fingerprint density at radius 1 is 1.44 bits per heavy atom. The Kier molecular flexibility index (Phi) is 2.40. The quantitative estimate of drug-likeness (QED) is 0.778. The fraction of sp³-hybridized carbons (Fsp3) is 0.462. The normalized spacial score (nSPS) is 18.8. The summed E-state index contributed by atoms with van der Waals surface area (Å²) in [5, 5.41) is 3.19. The summed E-state index contributed by atoms with van der Waals surface area (Å²) >= 11 is 0. The van der Waals surface area contributed by atoms with Crippen LogP contribution in [0.5, 0.6) is 5.75 Å². The molecular formula is C13H15NO2. The molecule has 2 heterocycles. The van der Waals surface area contributed by atoms with Crippen LogP contribution >= 0.6 is 0 Å². The second-order valence-corrected chi connectivity index (χ2v) is 4.57. The van der Waals surface area contributed by atoms with Crippen molar-refractivity contribution in [2.24, 2.45) is 5.92 Å². The Morgan fingerprint density at radius 3 is 3.06 bits per heavy atom. The number of fused-ring (bicyclic) bond motifs is 1. The molecule has 16 heavy (non-hydrogen) atoms. The molecule has 2 aliphatic heterocycles. The second-order valence-electron chi connectivity index (χ2n) is 4.57. The first-order valence-electron chi connectivity index (χ1n) is 5.82. The predicted octanol–water partition coefficient (Wildman–Crippen LogP) is 1.41. The highest BCUT2D eigenvalue weighted by Gasteiger charge is 2.22. The second kappa shape index (κ2) is 3.91. The van der Waals surface area contributed by atoms with E-state index in [2.05, 4.69) is 5.32 Å². The molecule has 1 fully saturated rings. The highest BCUT2D eigenvalue weighted by molar-refractivity contribution is 5.96. The maximum atomic E-state index is 12.0. The fourth-order valence-corrected chi connectivity index (χ4v) is 2.23. The molecule has 3 heteroatoms. The zero-order valence-corrected chi connectivity index (χ0v) is 9.16. The third-order valence-corrected chi connectivity index (χ3v) is 3.35. The molecule has 0 radical (unpaired) electrons.